The van der Waals surface area contributed by atoms with Gasteiger partial charge in [-0.05, 0) is 24.5 Å². The fraction of sp³-hybridized carbons (Fsp3) is 0.500. The summed E-state index contributed by atoms with van der Waals surface area (Å²) < 4.78 is 0. The van der Waals surface area contributed by atoms with Crippen molar-refractivity contribution in [2.45, 2.75) is 24.9 Å². The minimum absolute atomic E-state index is 0.0203. The first-order valence-electron chi connectivity index (χ1n) is 6.63. The molecule has 2 saturated heterocycles. The van der Waals surface area contributed by atoms with Crippen LogP contribution in [-0.2, 0) is 4.79 Å². The average molecular weight is 297 g/mol. The van der Waals surface area contributed by atoms with Gasteiger partial charge in [0.05, 0.1) is 12.1 Å². The van der Waals surface area contributed by atoms with Gasteiger partial charge in [-0.2, -0.15) is 0 Å². The lowest BCUT2D eigenvalue weighted by Gasteiger charge is -2.28. The number of halogens is 1. The first-order chi connectivity index (χ1) is 9.27. The van der Waals surface area contributed by atoms with Crippen LogP contribution in [0.3, 0.4) is 0 Å². The van der Waals surface area contributed by atoms with Crippen molar-refractivity contribution < 1.29 is 4.79 Å². The van der Waals surface area contributed by atoms with Gasteiger partial charge in [-0.3, -0.25) is 10.1 Å². The second-order valence-electron chi connectivity index (χ2n) is 4.98. The van der Waals surface area contributed by atoms with Crippen molar-refractivity contribution in [2.24, 2.45) is 0 Å². The van der Waals surface area contributed by atoms with Gasteiger partial charge in [0.15, 0.2) is 0 Å². The van der Waals surface area contributed by atoms with E-state index in [0.29, 0.717) is 0 Å². The third-order valence-electron chi connectivity index (χ3n) is 3.81. The summed E-state index contributed by atoms with van der Waals surface area (Å²) in [6, 6.07) is 7.99. The molecule has 2 aliphatic heterocycles. The maximum absolute atomic E-state index is 12.5. The Hall–Kier alpha value is -0.710. The number of carbonyl (C=O) groups is 1. The number of hydrogen-bond donors (Lipinski definition) is 1. The lowest BCUT2D eigenvalue weighted by Crippen LogP contribution is -2.44. The van der Waals surface area contributed by atoms with Gasteiger partial charge in [-0.25, -0.2) is 0 Å². The molecule has 2 aliphatic rings. The van der Waals surface area contributed by atoms with Gasteiger partial charge in [-0.15, -0.1) is 11.8 Å². The van der Waals surface area contributed by atoms with Gasteiger partial charge >= 0.3 is 0 Å². The van der Waals surface area contributed by atoms with Crippen molar-refractivity contribution in [1.82, 2.24) is 10.2 Å². The molecule has 3 nitrogen and oxygen atoms in total. The summed E-state index contributed by atoms with van der Waals surface area (Å²) >= 11 is 8.06. The summed E-state index contributed by atoms with van der Waals surface area (Å²) in [4.78, 5) is 14.6. The predicted molar refractivity (Wildman–Crippen MR) is 79.4 cm³/mol. The van der Waals surface area contributed by atoms with Crippen molar-refractivity contribution in [3.63, 3.8) is 0 Å². The van der Waals surface area contributed by atoms with Crippen LogP contribution in [0.1, 0.15) is 24.4 Å². The number of carbonyl (C=O) groups excluding carboxylic acids is 1. The smallest absolute Gasteiger partial charge is 0.241 e. The van der Waals surface area contributed by atoms with Crippen LogP contribution in [0.15, 0.2) is 24.3 Å². The number of likely N-dealkylation sites (tertiary alicyclic amines) is 1. The Balaban J connectivity index is 1.81. The van der Waals surface area contributed by atoms with E-state index in [1.54, 1.807) is 11.8 Å². The van der Waals surface area contributed by atoms with Crippen molar-refractivity contribution >= 4 is 29.3 Å². The SMILES string of the molecule is O=C(C1CSCN1)N1CCCC1c1ccccc1Cl. The summed E-state index contributed by atoms with van der Waals surface area (Å²) in [5, 5.41) is 4.02. The van der Waals surface area contributed by atoms with E-state index in [1.165, 1.54) is 0 Å². The highest BCUT2D eigenvalue weighted by Gasteiger charge is 2.35. The highest BCUT2D eigenvalue weighted by Crippen LogP contribution is 2.36. The highest BCUT2D eigenvalue weighted by molar-refractivity contribution is 7.99. The Morgan fingerprint density at radius 1 is 1.42 bits per heavy atom. The van der Waals surface area contributed by atoms with Crippen molar-refractivity contribution in [3.8, 4) is 0 Å². The van der Waals surface area contributed by atoms with E-state index >= 15 is 0 Å². The molecule has 0 radical (unpaired) electrons. The van der Waals surface area contributed by atoms with E-state index in [-0.39, 0.29) is 18.0 Å². The van der Waals surface area contributed by atoms with Crippen LogP contribution >= 0.6 is 23.4 Å². The fourth-order valence-electron chi connectivity index (χ4n) is 2.85. The molecule has 1 aromatic carbocycles. The summed E-state index contributed by atoms with van der Waals surface area (Å²) in [6.45, 7) is 0.845. The molecule has 3 rings (SSSR count). The second kappa shape index (κ2) is 5.73. The zero-order valence-corrected chi connectivity index (χ0v) is 12.2. The molecule has 2 unspecified atom stereocenters. The molecule has 2 heterocycles. The van der Waals surface area contributed by atoms with Gasteiger partial charge in [0.2, 0.25) is 5.91 Å². The molecule has 0 spiro atoms. The van der Waals surface area contributed by atoms with Crippen LogP contribution in [0.25, 0.3) is 0 Å². The first kappa shape index (κ1) is 13.3. The number of nitrogens with zero attached hydrogens (tertiary/aromatic N) is 1. The number of rotatable bonds is 2. The highest BCUT2D eigenvalue weighted by atomic mass is 35.5. The molecule has 1 aromatic rings. The minimum atomic E-state index is -0.0203. The molecule has 5 heteroatoms. The van der Waals surface area contributed by atoms with Crippen molar-refractivity contribution in [2.75, 3.05) is 18.2 Å². The summed E-state index contributed by atoms with van der Waals surface area (Å²) in [5.41, 5.74) is 1.08. The molecule has 19 heavy (non-hydrogen) atoms. The van der Waals surface area contributed by atoms with E-state index in [4.69, 9.17) is 11.6 Å². The van der Waals surface area contributed by atoms with E-state index in [9.17, 15) is 4.79 Å². The Bertz CT molecular complexity index is 476. The lowest BCUT2D eigenvalue weighted by molar-refractivity contribution is -0.133. The molecular weight excluding hydrogens is 280 g/mol. The van der Waals surface area contributed by atoms with Crippen LogP contribution in [-0.4, -0.2) is 35.0 Å². The molecule has 2 fully saturated rings. The zero-order chi connectivity index (χ0) is 13.2. The molecule has 1 amide bonds. The van der Waals surface area contributed by atoms with Gasteiger partial charge in [0, 0.05) is 23.2 Å². The van der Waals surface area contributed by atoms with E-state index in [1.807, 2.05) is 29.2 Å². The molecule has 102 valence electrons. The molecule has 0 aliphatic carbocycles. The maximum Gasteiger partial charge on any atom is 0.241 e. The van der Waals surface area contributed by atoms with Crippen LogP contribution in [0.4, 0.5) is 0 Å². The molecular formula is C14H17ClN2OS. The molecule has 2 atom stereocenters. The van der Waals surface area contributed by atoms with E-state index in [0.717, 1.165) is 41.6 Å². The molecule has 0 saturated carbocycles. The quantitative estimate of drug-likeness (QED) is 0.911. The largest absolute Gasteiger partial charge is 0.334 e. The zero-order valence-electron chi connectivity index (χ0n) is 10.6. The Morgan fingerprint density at radius 2 is 2.26 bits per heavy atom. The summed E-state index contributed by atoms with van der Waals surface area (Å²) in [6.07, 6.45) is 2.07. The standard InChI is InChI=1S/C14H17ClN2OS/c15-11-5-2-1-4-10(11)13-6-3-7-17(13)14(18)12-8-19-9-16-12/h1-2,4-5,12-13,16H,3,6-9H2. The van der Waals surface area contributed by atoms with Gasteiger partial charge in [-0.1, -0.05) is 29.8 Å². The average Bonchev–Trinajstić information content (AvgIpc) is 3.10. The number of hydrogen-bond acceptors (Lipinski definition) is 3. The van der Waals surface area contributed by atoms with Crippen LogP contribution in [0.5, 0.6) is 0 Å². The number of nitrogens with one attached hydrogen (secondary N) is 1. The van der Waals surface area contributed by atoms with E-state index < -0.39 is 0 Å². The van der Waals surface area contributed by atoms with Crippen LogP contribution < -0.4 is 5.32 Å². The van der Waals surface area contributed by atoms with Crippen LogP contribution in [0.2, 0.25) is 5.02 Å². The normalized spacial score (nSPS) is 26.9. The predicted octanol–water partition coefficient (Wildman–Crippen LogP) is 2.67. The summed E-state index contributed by atoms with van der Waals surface area (Å²) in [7, 11) is 0. The minimum Gasteiger partial charge on any atom is -0.334 e. The van der Waals surface area contributed by atoms with Crippen molar-refractivity contribution in [1.29, 1.82) is 0 Å². The topological polar surface area (TPSA) is 32.3 Å². The Morgan fingerprint density at radius 3 is 3.00 bits per heavy atom. The van der Waals surface area contributed by atoms with Gasteiger partial charge in [0.1, 0.15) is 0 Å². The summed E-state index contributed by atoms with van der Waals surface area (Å²) in [5.74, 6) is 1.98. The van der Waals surface area contributed by atoms with Crippen molar-refractivity contribution in [3.05, 3.63) is 34.9 Å². The number of benzene rings is 1. The first-order valence-corrected chi connectivity index (χ1v) is 8.16. The molecule has 0 bridgehead atoms. The molecule has 0 aromatic heterocycles. The fourth-order valence-corrected chi connectivity index (χ4v) is 4.05. The second-order valence-corrected chi connectivity index (χ2v) is 6.42. The third kappa shape index (κ3) is 2.62. The maximum atomic E-state index is 12.5. The molecule has 1 N–H and O–H groups in total. The monoisotopic (exact) mass is 296 g/mol. The third-order valence-corrected chi connectivity index (χ3v) is 5.10. The van der Waals surface area contributed by atoms with Crippen LogP contribution in [0, 0.1) is 0 Å². The van der Waals surface area contributed by atoms with Gasteiger partial charge in [0.25, 0.3) is 0 Å². The number of thioether (sulfide) groups is 1. The van der Waals surface area contributed by atoms with E-state index in [2.05, 4.69) is 5.32 Å². The lowest BCUT2D eigenvalue weighted by atomic mass is 10.0. The number of amides is 1. The Labute approximate surface area is 122 Å². The Kier molecular flexibility index (Phi) is 4.01. The van der Waals surface area contributed by atoms with Gasteiger partial charge < -0.3 is 4.90 Å².